The third-order valence-electron chi connectivity index (χ3n) is 1.95. The highest BCUT2D eigenvalue weighted by atomic mass is 32.2. The fourth-order valence-corrected chi connectivity index (χ4v) is 3.29. The Morgan fingerprint density at radius 2 is 2.23 bits per heavy atom. The molecule has 0 N–H and O–H groups in total. The molecule has 0 saturated carbocycles. The molecule has 0 aromatic heterocycles. The third kappa shape index (κ3) is 1.47. The minimum atomic E-state index is -2.06. The summed E-state index contributed by atoms with van der Waals surface area (Å²) in [6, 6.07) is 7.68. The molecule has 1 heterocycles. The molecule has 2 atom stereocenters. The van der Waals surface area contributed by atoms with Crippen molar-refractivity contribution in [2.45, 2.75) is 9.60 Å². The maximum Gasteiger partial charge on any atom is 0.143 e. The van der Waals surface area contributed by atoms with Gasteiger partial charge in [0.25, 0.3) is 0 Å². The highest BCUT2D eigenvalue weighted by molar-refractivity contribution is 8.10. The second kappa shape index (κ2) is 3.32. The van der Waals surface area contributed by atoms with Gasteiger partial charge in [0.15, 0.2) is 0 Å². The van der Waals surface area contributed by atoms with E-state index in [9.17, 15) is 8.76 Å². The molecular weight excluding hydrogens is 206 g/mol. The van der Waals surface area contributed by atoms with Crippen LogP contribution in [0.15, 0.2) is 29.2 Å². The van der Waals surface area contributed by atoms with Crippen LogP contribution >= 0.6 is 11.8 Å². The van der Waals surface area contributed by atoms with Gasteiger partial charge in [0, 0.05) is 11.9 Å². The molecule has 70 valence electrons. The molecule has 1 aromatic rings. The van der Waals surface area contributed by atoms with E-state index in [2.05, 4.69) is 0 Å². The number of thioether (sulfide) groups is 1. The van der Waals surface area contributed by atoms with Crippen LogP contribution in [0.5, 0.6) is 0 Å². The summed E-state index contributed by atoms with van der Waals surface area (Å²) < 4.78 is 21.2. The number of hydrogen-bond acceptors (Lipinski definition) is 4. The van der Waals surface area contributed by atoms with E-state index in [1.807, 2.05) is 24.3 Å². The maximum atomic E-state index is 10.8. The second-order valence-corrected chi connectivity index (χ2v) is 5.15. The van der Waals surface area contributed by atoms with Crippen molar-refractivity contribution in [3.8, 4) is 0 Å². The lowest BCUT2D eigenvalue weighted by Gasteiger charge is -2.22. The van der Waals surface area contributed by atoms with E-state index in [-0.39, 0.29) is 0 Å². The molecule has 0 bridgehead atoms. The molecule has 0 saturated heterocycles. The summed E-state index contributed by atoms with van der Waals surface area (Å²) in [4.78, 5) is 2.79. The van der Waals surface area contributed by atoms with Gasteiger partial charge >= 0.3 is 0 Å². The van der Waals surface area contributed by atoms with E-state index in [0.29, 0.717) is 0 Å². The van der Waals surface area contributed by atoms with Crippen LogP contribution in [-0.2, 0) is 11.1 Å². The van der Waals surface area contributed by atoms with Gasteiger partial charge in [0.2, 0.25) is 0 Å². The van der Waals surface area contributed by atoms with Crippen LogP contribution in [0, 0.1) is 0 Å². The molecule has 0 radical (unpaired) electrons. The van der Waals surface area contributed by atoms with Crippen molar-refractivity contribution in [1.29, 1.82) is 0 Å². The predicted molar refractivity (Wildman–Crippen MR) is 53.4 cm³/mol. The molecular formula is C8H8NO2S2-. The van der Waals surface area contributed by atoms with Crippen LogP contribution in [0.25, 0.3) is 0 Å². The van der Waals surface area contributed by atoms with Crippen molar-refractivity contribution in [3.05, 3.63) is 24.3 Å². The highest BCUT2D eigenvalue weighted by Crippen LogP contribution is 2.42. The number of benzene rings is 1. The molecule has 1 aliphatic rings. The van der Waals surface area contributed by atoms with E-state index in [4.69, 9.17) is 0 Å². The van der Waals surface area contributed by atoms with Gasteiger partial charge in [-0.2, -0.15) is 0 Å². The number of nitrogens with zero attached hydrogens (tertiary/aromatic N) is 1. The second-order valence-electron chi connectivity index (χ2n) is 2.76. The van der Waals surface area contributed by atoms with Crippen LogP contribution in [0.1, 0.15) is 0 Å². The molecule has 3 nitrogen and oxygen atoms in total. The minimum absolute atomic E-state index is 0.475. The lowest BCUT2D eigenvalue weighted by atomic mass is 10.3. The standard InChI is InChI=1S/C8H9NO2S2/c1-9-6-4-2-3-5-7(6)12-8(9)13(10)11/h2-5,8H,1H3,(H,10,11)/p-1. The molecule has 0 amide bonds. The van der Waals surface area contributed by atoms with Crippen LogP contribution in [0.4, 0.5) is 5.69 Å². The molecule has 0 fully saturated rings. The largest absolute Gasteiger partial charge is 0.770 e. The Morgan fingerprint density at radius 1 is 1.54 bits per heavy atom. The molecule has 0 spiro atoms. The molecule has 5 heteroatoms. The molecule has 13 heavy (non-hydrogen) atoms. The van der Waals surface area contributed by atoms with Gasteiger partial charge in [-0.15, -0.1) is 0 Å². The average molecular weight is 214 g/mol. The molecule has 1 aromatic carbocycles. The minimum Gasteiger partial charge on any atom is -0.770 e. The van der Waals surface area contributed by atoms with E-state index in [1.165, 1.54) is 11.8 Å². The third-order valence-corrected chi connectivity index (χ3v) is 4.48. The van der Waals surface area contributed by atoms with Crippen molar-refractivity contribution in [2.75, 3.05) is 11.9 Å². The van der Waals surface area contributed by atoms with E-state index < -0.39 is 15.8 Å². The molecule has 1 aliphatic heterocycles. The maximum absolute atomic E-state index is 10.8. The van der Waals surface area contributed by atoms with Gasteiger partial charge in [0.1, 0.15) is 4.71 Å². The molecule has 2 rings (SSSR count). The van der Waals surface area contributed by atoms with Gasteiger partial charge in [-0.1, -0.05) is 23.9 Å². The first-order chi connectivity index (χ1) is 6.20. The SMILES string of the molecule is CN1c2ccccc2SC1S(=O)[O-]. The van der Waals surface area contributed by atoms with Gasteiger partial charge in [-0.05, 0) is 23.2 Å². The Bertz CT molecular complexity index is 356. The summed E-state index contributed by atoms with van der Waals surface area (Å²) in [6.45, 7) is 0. The van der Waals surface area contributed by atoms with Gasteiger partial charge in [-0.3, -0.25) is 4.21 Å². The number of anilines is 1. The normalized spacial score (nSPS) is 22.9. The van der Waals surface area contributed by atoms with Gasteiger partial charge < -0.3 is 9.45 Å². The zero-order valence-electron chi connectivity index (χ0n) is 6.97. The Morgan fingerprint density at radius 3 is 2.85 bits per heavy atom. The van der Waals surface area contributed by atoms with E-state index in [0.717, 1.165) is 10.6 Å². The Balaban J connectivity index is 2.38. The summed E-state index contributed by atoms with van der Waals surface area (Å²) in [5.41, 5.74) is 0.988. The fraction of sp³-hybridized carbons (Fsp3) is 0.250. The molecule has 0 aliphatic carbocycles. The van der Waals surface area contributed by atoms with Crippen molar-refractivity contribution >= 4 is 28.5 Å². The lowest BCUT2D eigenvalue weighted by molar-refractivity contribution is 0.533. The smallest absolute Gasteiger partial charge is 0.143 e. The van der Waals surface area contributed by atoms with Crippen molar-refractivity contribution < 1.29 is 8.76 Å². The van der Waals surface area contributed by atoms with Crippen LogP contribution in [0.3, 0.4) is 0 Å². The summed E-state index contributed by atoms with van der Waals surface area (Å²) in [6.07, 6.45) is 0. The number of para-hydroxylation sites is 1. The van der Waals surface area contributed by atoms with E-state index in [1.54, 1.807) is 11.9 Å². The van der Waals surface area contributed by atoms with Crippen molar-refractivity contribution in [3.63, 3.8) is 0 Å². The average Bonchev–Trinajstić information content (AvgIpc) is 2.45. The summed E-state index contributed by atoms with van der Waals surface area (Å²) >= 11 is -0.693. The summed E-state index contributed by atoms with van der Waals surface area (Å²) in [5, 5.41) is 0. The first kappa shape index (κ1) is 9.05. The van der Waals surface area contributed by atoms with Crippen LogP contribution < -0.4 is 4.90 Å². The predicted octanol–water partition coefficient (Wildman–Crippen LogP) is 1.39. The first-order valence-electron chi connectivity index (χ1n) is 3.77. The zero-order valence-corrected chi connectivity index (χ0v) is 8.60. The fourth-order valence-electron chi connectivity index (χ4n) is 1.32. The molecule has 2 unspecified atom stereocenters. The van der Waals surface area contributed by atoms with Crippen LogP contribution in [-0.4, -0.2) is 20.5 Å². The highest BCUT2D eigenvalue weighted by Gasteiger charge is 2.27. The topological polar surface area (TPSA) is 43.4 Å². The first-order valence-corrected chi connectivity index (χ1v) is 5.78. The number of rotatable bonds is 1. The summed E-state index contributed by atoms with van der Waals surface area (Å²) in [7, 11) is 1.79. The lowest BCUT2D eigenvalue weighted by Crippen LogP contribution is -2.28. The van der Waals surface area contributed by atoms with Gasteiger partial charge in [-0.25, -0.2) is 0 Å². The van der Waals surface area contributed by atoms with Crippen molar-refractivity contribution in [1.82, 2.24) is 0 Å². The zero-order chi connectivity index (χ0) is 9.42. The quantitative estimate of drug-likeness (QED) is 0.663. The van der Waals surface area contributed by atoms with E-state index >= 15 is 0 Å². The summed E-state index contributed by atoms with van der Waals surface area (Å²) in [5.74, 6) is 0. The number of fused-ring (bicyclic) bond motifs is 1. The number of hydrogen-bond donors (Lipinski definition) is 0. The monoisotopic (exact) mass is 214 g/mol. The van der Waals surface area contributed by atoms with Gasteiger partial charge in [0.05, 0.1) is 5.69 Å². The van der Waals surface area contributed by atoms with Crippen molar-refractivity contribution in [2.24, 2.45) is 0 Å². The Hall–Kier alpha value is -0.520. The van der Waals surface area contributed by atoms with Crippen LogP contribution in [0.2, 0.25) is 0 Å². The Labute approximate surface area is 83.4 Å². The Kier molecular flexibility index (Phi) is 2.31.